The Bertz CT molecular complexity index is 535. The van der Waals surface area contributed by atoms with Gasteiger partial charge in [0.05, 0.1) is 72.7 Å². The molecule has 1 N–H and O–H groups in total. The van der Waals surface area contributed by atoms with Crippen molar-refractivity contribution in [2.75, 3.05) is 72.7 Å². The van der Waals surface area contributed by atoms with Crippen LogP contribution in [0.4, 0.5) is 0 Å². The third kappa shape index (κ3) is 11.3. The molecular formula is C18H30N2O10. The molecule has 12 heteroatoms. The highest BCUT2D eigenvalue weighted by atomic mass is 16.6. The Morgan fingerprint density at radius 2 is 1.40 bits per heavy atom. The van der Waals surface area contributed by atoms with E-state index < -0.39 is 29.9 Å². The van der Waals surface area contributed by atoms with Crippen molar-refractivity contribution in [2.24, 2.45) is 0 Å². The Morgan fingerprint density at radius 1 is 0.933 bits per heavy atom. The van der Waals surface area contributed by atoms with Crippen molar-refractivity contribution in [1.29, 1.82) is 0 Å². The van der Waals surface area contributed by atoms with E-state index in [1.165, 1.54) is 0 Å². The maximum absolute atomic E-state index is 12.0. The van der Waals surface area contributed by atoms with E-state index in [9.17, 15) is 9.59 Å². The van der Waals surface area contributed by atoms with Crippen molar-refractivity contribution in [1.82, 2.24) is 0 Å². The Morgan fingerprint density at radius 3 is 1.83 bits per heavy atom. The molecule has 30 heavy (non-hydrogen) atoms. The van der Waals surface area contributed by atoms with E-state index in [4.69, 9.17) is 43.8 Å². The second-order valence-corrected chi connectivity index (χ2v) is 6.04. The molecule has 0 aliphatic carbocycles. The predicted octanol–water partition coefficient (Wildman–Crippen LogP) is -0.455. The molecule has 0 saturated carbocycles. The second-order valence-electron chi connectivity index (χ2n) is 6.04. The van der Waals surface area contributed by atoms with Crippen LogP contribution in [0.5, 0.6) is 0 Å². The van der Waals surface area contributed by atoms with Crippen LogP contribution < -0.4 is 0 Å². The van der Waals surface area contributed by atoms with Crippen LogP contribution in [-0.2, 0) is 42.7 Å². The minimum absolute atomic E-state index is 0.0768. The maximum atomic E-state index is 12.0. The largest absolute Gasteiger partial charge is 0.482 e. The average molecular weight is 434 g/mol. The van der Waals surface area contributed by atoms with Crippen molar-refractivity contribution >= 4 is 17.7 Å². The fourth-order valence-corrected chi connectivity index (χ4v) is 2.39. The molecule has 12 nitrogen and oxygen atoms in total. The summed E-state index contributed by atoms with van der Waals surface area (Å²) < 4.78 is 38.0. The van der Waals surface area contributed by atoms with Gasteiger partial charge in [-0.25, -0.2) is 9.59 Å². The van der Waals surface area contributed by atoms with E-state index in [1.54, 1.807) is 6.92 Å². The second kappa shape index (κ2) is 16.8. The van der Waals surface area contributed by atoms with Crippen LogP contribution in [0.3, 0.4) is 0 Å². The molecule has 1 aliphatic rings. The minimum Gasteiger partial charge on any atom is -0.472 e. The SMILES string of the molecule is CCC(OC(=O)C(=[N+]=[N-])C(=O)O)C1COCCOCCOCCOCCOCCO1. The number of carboxylic acid groups (broad SMARTS) is 1. The summed E-state index contributed by atoms with van der Waals surface area (Å²) >= 11 is 0. The van der Waals surface area contributed by atoms with Crippen LogP contribution in [0.25, 0.3) is 5.53 Å². The fraction of sp³-hybridized carbons (Fsp3) is 0.833. The number of hydrogen-bond acceptors (Lipinski definition) is 9. The van der Waals surface area contributed by atoms with Gasteiger partial charge in [0, 0.05) is 0 Å². The maximum Gasteiger partial charge on any atom is 0.482 e. The molecule has 0 spiro atoms. The molecule has 1 rings (SSSR count). The summed E-state index contributed by atoms with van der Waals surface area (Å²) in [6.07, 6.45) is -1.19. The fourth-order valence-electron chi connectivity index (χ4n) is 2.39. The van der Waals surface area contributed by atoms with Gasteiger partial charge in [-0.2, -0.15) is 4.79 Å². The van der Waals surface area contributed by atoms with Crippen LogP contribution in [0.15, 0.2) is 0 Å². The number of carbonyl (C=O) groups excluding carboxylic acids is 1. The van der Waals surface area contributed by atoms with Crippen LogP contribution in [-0.4, -0.2) is 112 Å². The zero-order valence-electron chi connectivity index (χ0n) is 17.2. The lowest BCUT2D eigenvalue weighted by Crippen LogP contribution is -2.40. The Labute approximate surface area is 174 Å². The van der Waals surface area contributed by atoms with Gasteiger partial charge in [0.2, 0.25) is 0 Å². The number of esters is 1. The lowest BCUT2D eigenvalue weighted by molar-refractivity contribution is -0.162. The zero-order valence-corrected chi connectivity index (χ0v) is 17.2. The molecule has 0 aromatic heterocycles. The van der Waals surface area contributed by atoms with Gasteiger partial charge in [-0.3, -0.25) is 0 Å². The summed E-state index contributed by atoms with van der Waals surface area (Å²) in [4.78, 5) is 25.4. The molecule has 1 heterocycles. The molecule has 0 aromatic carbocycles. The van der Waals surface area contributed by atoms with E-state index >= 15 is 0 Å². The number of carboxylic acids is 1. The number of carbonyl (C=O) groups is 2. The van der Waals surface area contributed by atoms with Crippen molar-refractivity contribution < 1.29 is 52.6 Å². The van der Waals surface area contributed by atoms with Gasteiger partial charge in [-0.1, -0.05) is 6.92 Å². The molecule has 1 aliphatic heterocycles. The van der Waals surface area contributed by atoms with E-state index in [-0.39, 0.29) is 26.4 Å². The van der Waals surface area contributed by atoms with Gasteiger partial charge < -0.3 is 43.8 Å². The van der Waals surface area contributed by atoms with Crippen molar-refractivity contribution in [3.05, 3.63) is 5.53 Å². The van der Waals surface area contributed by atoms with Crippen LogP contribution in [0.1, 0.15) is 13.3 Å². The van der Waals surface area contributed by atoms with E-state index in [0.717, 1.165) is 0 Å². The third-order valence-corrected chi connectivity index (χ3v) is 3.90. The summed E-state index contributed by atoms with van der Waals surface area (Å²) in [5.41, 5.74) is 7.59. The first-order valence-electron chi connectivity index (χ1n) is 9.76. The van der Waals surface area contributed by atoms with Gasteiger partial charge in [0.15, 0.2) is 0 Å². The Hall–Kier alpha value is -1.92. The lowest BCUT2D eigenvalue weighted by Gasteiger charge is -2.25. The smallest absolute Gasteiger partial charge is 0.472 e. The highest BCUT2D eigenvalue weighted by Gasteiger charge is 2.35. The minimum atomic E-state index is -1.70. The number of aliphatic carboxylic acids is 1. The molecule has 1 fully saturated rings. The third-order valence-electron chi connectivity index (χ3n) is 3.90. The number of ether oxygens (including phenoxy) is 7. The normalized spacial score (nSPS) is 22.0. The lowest BCUT2D eigenvalue weighted by atomic mass is 10.1. The summed E-state index contributed by atoms with van der Waals surface area (Å²) in [6.45, 7) is 5.51. The quantitative estimate of drug-likeness (QED) is 0.198. The van der Waals surface area contributed by atoms with Gasteiger partial charge in [0.25, 0.3) is 0 Å². The first-order chi connectivity index (χ1) is 14.6. The summed E-state index contributed by atoms with van der Waals surface area (Å²) in [7, 11) is 0. The van der Waals surface area contributed by atoms with Gasteiger partial charge in [-0.15, -0.1) is 0 Å². The highest BCUT2D eigenvalue weighted by molar-refractivity contribution is 6.60. The Kier molecular flexibility index (Phi) is 14.7. The molecule has 0 radical (unpaired) electrons. The molecular weight excluding hydrogens is 404 g/mol. The molecule has 2 unspecified atom stereocenters. The van der Waals surface area contributed by atoms with Gasteiger partial charge >= 0.3 is 17.7 Å². The molecule has 2 atom stereocenters. The number of nitrogens with zero attached hydrogens (tertiary/aromatic N) is 2. The molecule has 0 amide bonds. The standard InChI is InChI=1S/C18H30N2O10/c1-2-14(30-18(23)16(20-19)17(21)22)15-13-28-10-9-26-6-5-24-3-4-25-7-8-27-11-12-29-15/h14-15H,2-13H2,1H3,(H,21,22). The zero-order chi connectivity index (χ0) is 22.0. The monoisotopic (exact) mass is 434 g/mol. The van der Waals surface area contributed by atoms with E-state index in [2.05, 4.69) is 4.79 Å². The first-order valence-corrected chi connectivity index (χ1v) is 9.76. The molecule has 172 valence electrons. The summed E-state index contributed by atoms with van der Waals surface area (Å²) in [5, 5.41) is 8.88. The highest BCUT2D eigenvalue weighted by Crippen LogP contribution is 2.11. The molecule has 1 saturated heterocycles. The molecule has 0 bridgehead atoms. The molecule has 0 aromatic rings. The van der Waals surface area contributed by atoms with Crippen molar-refractivity contribution in [3.63, 3.8) is 0 Å². The van der Waals surface area contributed by atoms with E-state index in [1.807, 2.05) is 0 Å². The number of rotatable bonds is 5. The van der Waals surface area contributed by atoms with Gasteiger partial charge in [-0.05, 0) is 6.42 Å². The van der Waals surface area contributed by atoms with Crippen molar-refractivity contribution in [2.45, 2.75) is 25.6 Å². The van der Waals surface area contributed by atoms with Crippen LogP contribution in [0.2, 0.25) is 0 Å². The summed E-state index contributed by atoms with van der Waals surface area (Å²) in [5.74, 6) is -2.97. The van der Waals surface area contributed by atoms with E-state index in [0.29, 0.717) is 52.7 Å². The van der Waals surface area contributed by atoms with Gasteiger partial charge in [0.1, 0.15) is 12.2 Å². The van der Waals surface area contributed by atoms with Crippen LogP contribution >= 0.6 is 0 Å². The average Bonchev–Trinajstić information content (AvgIpc) is 2.72. The topological polar surface area (TPSA) is 155 Å². The Balaban J connectivity index is 2.63. The summed E-state index contributed by atoms with van der Waals surface area (Å²) in [6, 6.07) is 0. The van der Waals surface area contributed by atoms with Crippen LogP contribution in [0, 0.1) is 0 Å². The van der Waals surface area contributed by atoms with Crippen molar-refractivity contribution in [3.8, 4) is 0 Å². The predicted molar refractivity (Wildman–Crippen MR) is 100 cm³/mol. The first kappa shape index (κ1) is 26.1. The number of hydrogen-bond donors (Lipinski definition) is 1.